The highest BCUT2D eigenvalue weighted by Crippen LogP contribution is 2.35. The molecule has 1 aromatic carbocycles. The van der Waals surface area contributed by atoms with Crippen LogP contribution in [-0.2, 0) is 0 Å². The van der Waals surface area contributed by atoms with E-state index in [9.17, 15) is 4.79 Å². The van der Waals surface area contributed by atoms with E-state index in [4.69, 9.17) is 9.47 Å². The highest BCUT2D eigenvalue weighted by atomic mass is 16.5. The number of para-hydroxylation sites is 1. The van der Waals surface area contributed by atoms with Crippen molar-refractivity contribution < 1.29 is 14.3 Å². The van der Waals surface area contributed by atoms with Crippen molar-refractivity contribution in [1.82, 2.24) is 9.80 Å². The first-order chi connectivity index (χ1) is 11.7. The maximum absolute atomic E-state index is 13.2. The molecule has 0 aromatic heterocycles. The van der Waals surface area contributed by atoms with Gasteiger partial charge in [-0.3, -0.25) is 9.69 Å². The second-order valence-electron chi connectivity index (χ2n) is 6.59. The molecule has 0 bridgehead atoms. The van der Waals surface area contributed by atoms with Crippen molar-refractivity contribution in [2.75, 3.05) is 33.9 Å². The number of carbonyl (C=O) groups is 1. The van der Waals surface area contributed by atoms with E-state index >= 15 is 0 Å². The molecule has 3 rings (SSSR count). The molecule has 0 saturated carbocycles. The van der Waals surface area contributed by atoms with Gasteiger partial charge in [-0.25, -0.2) is 0 Å². The molecule has 0 spiro atoms. The molecule has 2 aliphatic heterocycles. The van der Waals surface area contributed by atoms with Gasteiger partial charge < -0.3 is 14.4 Å². The van der Waals surface area contributed by atoms with Crippen molar-refractivity contribution in [2.45, 2.75) is 44.7 Å². The smallest absolute Gasteiger partial charge is 0.258 e. The molecule has 2 fully saturated rings. The number of benzene rings is 1. The molecule has 0 radical (unpaired) electrons. The minimum Gasteiger partial charge on any atom is -0.493 e. The Hall–Kier alpha value is -1.75. The molecule has 5 nitrogen and oxygen atoms in total. The van der Waals surface area contributed by atoms with Gasteiger partial charge in [-0.1, -0.05) is 13.0 Å². The van der Waals surface area contributed by atoms with E-state index in [1.807, 2.05) is 18.2 Å². The maximum Gasteiger partial charge on any atom is 0.258 e. The third-order valence-electron chi connectivity index (χ3n) is 5.46. The van der Waals surface area contributed by atoms with Crippen LogP contribution in [0.15, 0.2) is 18.2 Å². The molecule has 24 heavy (non-hydrogen) atoms. The van der Waals surface area contributed by atoms with Crippen LogP contribution in [0.5, 0.6) is 11.5 Å². The molecule has 2 aliphatic rings. The average molecular weight is 332 g/mol. The minimum absolute atomic E-state index is 0.0659. The summed E-state index contributed by atoms with van der Waals surface area (Å²) >= 11 is 0. The molecule has 2 heterocycles. The predicted molar refractivity (Wildman–Crippen MR) is 93.9 cm³/mol. The van der Waals surface area contributed by atoms with E-state index in [0.717, 1.165) is 32.5 Å². The average Bonchev–Trinajstić information content (AvgIpc) is 3.28. The molecule has 0 N–H and O–H groups in total. The summed E-state index contributed by atoms with van der Waals surface area (Å²) in [4.78, 5) is 17.8. The quantitative estimate of drug-likeness (QED) is 0.831. The van der Waals surface area contributed by atoms with Crippen LogP contribution in [-0.4, -0.2) is 61.6 Å². The third kappa shape index (κ3) is 2.97. The molecule has 1 aromatic rings. The van der Waals surface area contributed by atoms with Crippen molar-refractivity contribution in [3.05, 3.63) is 23.8 Å². The van der Waals surface area contributed by atoms with Gasteiger partial charge in [0.25, 0.3) is 5.91 Å². The second-order valence-corrected chi connectivity index (χ2v) is 6.59. The molecule has 2 saturated heterocycles. The van der Waals surface area contributed by atoms with E-state index < -0.39 is 0 Å². The third-order valence-corrected chi connectivity index (χ3v) is 5.46. The summed E-state index contributed by atoms with van der Waals surface area (Å²) < 4.78 is 10.8. The number of nitrogens with zero attached hydrogens (tertiary/aromatic N) is 2. The summed E-state index contributed by atoms with van der Waals surface area (Å²) in [5.74, 6) is 1.21. The van der Waals surface area contributed by atoms with Crippen LogP contribution >= 0.6 is 0 Å². The number of amides is 1. The van der Waals surface area contributed by atoms with Gasteiger partial charge in [0, 0.05) is 18.6 Å². The van der Waals surface area contributed by atoms with Gasteiger partial charge in [0.15, 0.2) is 11.5 Å². The summed E-state index contributed by atoms with van der Waals surface area (Å²) in [6, 6.07) is 6.33. The molecule has 5 heteroatoms. The Morgan fingerprint density at radius 3 is 2.58 bits per heavy atom. The van der Waals surface area contributed by atoms with Gasteiger partial charge in [-0.2, -0.15) is 0 Å². The highest BCUT2D eigenvalue weighted by Gasteiger charge is 2.40. The lowest BCUT2D eigenvalue weighted by Crippen LogP contribution is -2.48. The van der Waals surface area contributed by atoms with E-state index in [-0.39, 0.29) is 5.91 Å². The lowest BCUT2D eigenvalue weighted by molar-refractivity contribution is 0.0646. The molecular weight excluding hydrogens is 304 g/mol. The van der Waals surface area contributed by atoms with Gasteiger partial charge in [-0.05, 0) is 50.9 Å². The lowest BCUT2D eigenvalue weighted by atomic mass is 10.0. The molecule has 1 amide bonds. The molecule has 0 aliphatic carbocycles. The number of ether oxygens (including phenoxy) is 2. The van der Waals surface area contributed by atoms with E-state index in [1.165, 1.54) is 12.8 Å². The highest BCUT2D eigenvalue weighted by molar-refractivity contribution is 5.98. The maximum atomic E-state index is 13.2. The summed E-state index contributed by atoms with van der Waals surface area (Å²) in [5, 5.41) is 0. The van der Waals surface area contributed by atoms with Gasteiger partial charge >= 0.3 is 0 Å². The number of hydrogen-bond donors (Lipinski definition) is 0. The predicted octanol–water partition coefficient (Wildman–Crippen LogP) is 2.79. The van der Waals surface area contributed by atoms with Crippen molar-refractivity contribution in [3.8, 4) is 11.5 Å². The number of rotatable bonds is 5. The minimum atomic E-state index is 0.0659. The van der Waals surface area contributed by atoms with Crippen LogP contribution in [0.25, 0.3) is 0 Å². The second kappa shape index (κ2) is 7.43. The van der Waals surface area contributed by atoms with Gasteiger partial charge in [-0.15, -0.1) is 0 Å². The first-order valence-electron chi connectivity index (χ1n) is 8.97. The Morgan fingerprint density at radius 2 is 1.88 bits per heavy atom. The topological polar surface area (TPSA) is 42.0 Å². The molecular formula is C19H28N2O3. The van der Waals surface area contributed by atoms with Crippen molar-refractivity contribution >= 4 is 5.91 Å². The molecule has 0 unspecified atom stereocenters. The van der Waals surface area contributed by atoms with Crippen LogP contribution in [0.4, 0.5) is 0 Å². The summed E-state index contributed by atoms with van der Waals surface area (Å²) in [6.45, 7) is 5.26. The summed E-state index contributed by atoms with van der Waals surface area (Å²) in [7, 11) is 3.19. The normalized spacial score (nSPS) is 24.4. The van der Waals surface area contributed by atoms with Gasteiger partial charge in [0.1, 0.15) is 0 Å². The largest absolute Gasteiger partial charge is 0.493 e. The van der Waals surface area contributed by atoms with Crippen LogP contribution in [0.3, 0.4) is 0 Å². The zero-order valence-electron chi connectivity index (χ0n) is 15.0. The van der Waals surface area contributed by atoms with Gasteiger partial charge in [0.05, 0.1) is 19.8 Å². The Labute approximate surface area is 144 Å². The summed E-state index contributed by atoms with van der Waals surface area (Å²) in [6.07, 6.45) is 4.60. The number of likely N-dealkylation sites (N-methyl/N-ethyl adjacent to an activating group) is 1. The number of carbonyl (C=O) groups excluding carboxylic acids is 1. The fourth-order valence-electron chi connectivity index (χ4n) is 4.34. The molecule has 2 atom stereocenters. The van der Waals surface area contributed by atoms with E-state index in [2.05, 4.69) is 16.7 Å². The zero-order valence-corrected chi connectivity index (χ0v) is 15.0. The SMILES string of the molecule is CCN1CCC[C@H]1[C@@H]1CCCN1C(=O)c1cccc(OC)c1OC. The number of likely N-dealkylation sites (tertiary alicyclic amines) is 2. The Kier molecular flexibility index (Phi) is 5.29. The monoisotopic (exact) mass is 332 g/mol. The molecule has 132 valence electrons. The number of methoxy groups -OCH3 is 2. The van der Waals surface area contributed by atoms with E-state index in [0.29, 0.717) is 29.1 Å². The number of hydrogen-bond acceptors (Lipinski definition) is 4. The Balaban J connectivity index is 1.86. The van der Waals surface area contributed by atoms with Crippen molar-refractivity contribution in [2.24, 2.45) is 0 Å². The zero-order chi connectivity index (χ0) is 17.1. The lowest BCUT2D eigenvalue weighted by Gasteiger charge is -2.34. The van der Waals surface area contributed by atoms with E-state index in [1.54, 1.807) is 14.2 Å². The fourth-order valence-corrected chi connectivity index (χ4v) is 4.34. The standard InChI is InChI=1S/C19H28N2O3/c1-4-20-12-6-9-15(20)16-10-7-13-21(16)19(22)14-8-5-11-17(23-2)18(14)24-3/h5,8,11,15-16H,4,6-7,9-10,12-13H2,1-3H3/t15-,16-/m0/s1. The van der Waals surface area contributed by atoms with Crippen LogP contribution in [0, 0.1) is 0 Å². The van der Waals surface area contributed by atoms with Crippen molar-refractivity contribution in [3.63, 3.8) is 0 Å². The van der Waals surface area contributed by atoms with Crippen LogP contribution in [0.1, 0.15) is 43.0 Å². The van der Waals surface area contributed by atoms with Crippen LogP contribution < -0.4 is 9.47 Å². The first-order valence-corrected chi connectivity index (χ1v) is 8.97. The Bertz CT molecular complexity index is 590. The van der Waals surface area contributed by atoms with Crippen molar-refractivity contribution in [1.29, 1.82) is 0 Å². The van der Waals surface area contributed by atoms with Crippen LogP contribution in [0.2, 0.25) is 0 Å². The first kappa shape index (κ1) is 17.1. The Morgan fingerprint density at radius 1 is 1.12 bits per heavy atom. The fraction of sp³-hybridized carbons (Fsp3) is 0.632. The summed E-state index contributed by atoms with van der Waals surface area (Å²) in [5.41, 5.74) is 0.602. The van der Waals surface area contributed by atoms with Gasteiger partial charge in [0.2, 0.25) is 0 Å².